The van der Waals surface area contributed by atoms with E-state index in [-0.39, 0.29) is 34.2 Å². The van der Waals surface area contributed by atoms with Gasteiger partial charge in [-0.25, -0.2) is 0 Å². The molecule has 34 heavy (non-hydrogen) atoms. The van der Waals surface area contributed by atoms with E-state index in [2.05, 4.69) is 20.8 Å². The molecule has 13 atom stereocenters. The first-order valence-electron chi connectivity index (χ1n) is 13.1. The number of ether oxygens (including phenoxy) is 2. The molecule has 1 saturated heterocycles. The Bertz CT molecular complexity index is 785. The normalized spacial score (nSPS) is 58.8. The van der Waals surface area contributed by atoms with Crippen molar-refractivity contribution >= 4 is 0 Å². The molecule has 8 heteroatoms. The van der Waals surface area contributed by atoms with Crippen molar-refractivity contribution in [2.75, 3.05) is 6.61 Å². The summed E-state index contributed by atoms with van der Waals surface area (Å²) in [7, 11) is 0. The lowest BCUT2D eigenvalue weighted by Gasteiger charge is -2.66. The van der Waals surface area contributed by atoms with Crippen LogP contribution in [0, 0.1) is 34.0 Å². The van der Waals surface area contributed by atoms with Gasteiger partial charge < -0.3 is 40.1 Å². The Morgan fingerprint density at radius 3 is 2.26 bits per heavy atom. The van der Waals surface area contributed by atoms with Crippen molar-refractivity contribution in [1.82, 2.24) is 0 Å². The summed E-state index contributed by atoms with van der Waals surface area (Å²) in [5.41, 5.74) is -1.21. The third-order valence-electron chi connectivity index (χ3n) is 10.7. The average Bonchev–Trinajstić information content (AvgIpc) is 2.90. The molecule has 1 heterocycles. The van der Waals surface area contributed by atoms with Crippen LogP contribution >= 0.6 is 0 Å². The number of aliphatic hydroxyl groups excluding tert-OH is 5. The lowest BCUT2D eigenvalue weighted by molar-refractivity contribution is -0.324. The summed E-state index contributed by atoms with van der Waals surface area (Å²) in [6.45, 7) is 8.11. The summed E-state index contributed by atoms with van der Waals surface area (Å²) in [5, 5.41) is 63.1. The molecule has 0 amide bonds. The Morgan fingerprint density at radius 1 is 0.882 bits per heavy atom. The van der Waals surface area contributed by atoms with Crippen molar-refractivity contribution in [3.63, 3.8) is 0 Å². The Labute approximate surface area is 202 Å². The molecule has 5 rings (SSSR count). The van der Waals surface area contributed by atoms with Crippen LogP contribution in [0.2, 0.25) is 0 Å². The Hall–Kier alpha value is -0.320. The van der Waals surface area contributed by atoms with Crippen molar-refractivity contribution < 1.29 is 40.1 Å². The zero-order valence-corrected chi connectivity index (χ0v) is 20.9. The first kappa shape index (κ1) is 25.3. The lowest BCUT2D eigenvalue weighted by Crippen LogP contribution is -2.64. The maximum Gasteiger partial charge on any atom is 0.186 e. The van der Waals surface area contributed by atoms with Crippen LogP contribution in [0.3, 0.4) is 0 Å². The molecule has 0 aromatic heterocycles. The van der Waals surface area contributed by atoms with E-state index in [1.165, 1.54) is 0 Å². The minimum absolute atomic E-state index is 0.0712. The van der Waals surface area contributed by atoms with Gasteiger partial charge >= 0.3 is 0 Å². The SMILES string of the molecule is CC1(C)CC(OC2OC(CO)C(O)C(O)C2O)C[C@]2(C)[C@H]1C(O)C[C@@]13CC(CC[C@@H]12)[C@](C)(O)C3. The van der Waals surface area contributed by atoms with Gasteiger partial charge in [0.15, 0.2) is 6.29 Å². The van der Waals surface area contributed by atoms with Crippen molar-refractivity contribution in [1.29, 1.82) is 0 Å². The molecule has 0 radical (unpaired) electrons. The molecule has 1 spiro atoms. The fraction of sp³-hybridized carbons (Fsp3) is 1.00. The second kappa shape index (κ2) is 8.09. The predicted octanol–water partition coefficient (Wildman–Crippen LogP) is 0.936. The van der Waals surface area contributed by atoms with Crippen molar-refractivity contribution in [2.24, 2.45) is 34.0 Å². The van der Waals surface area contributed by atoms with E-state index in [1.807, 2.05) is 6.92 Å². The van der Waals surface area contributed by atoms with Crippen LogP contribution in [0.25, 0.3) is 0 Å². The summed E-state index contributed by atoms with van der Waals surface area (Å²) in [4.78, 5) is 0. The quantitative estimate of drug-likeness (QED) is 0.325. The Morgan fingerprint density at radius 2 is 1.59 bits per heavy atom. The fourth-order valence-corrected chi connectivity index (χ4v) is 9.93. The summed E-state index contributed by atoms with van der Waals surface area (Å²) >= 11 is 0. The fourth-order valence-electron chi connectivity index (χ4n) is 9.93. The minimum atomic E-state index is -1.47. The summed E-state index contributed by atoms with van der Waals surface area (Å²) in [6, 6.07) is 0. The summed E-state index contributed by atoms with van der Waals surface area (Å²) in [5.74, 6) is 0.736. The number of hydrogen-bond donors (Lipinski definition) is 6. The monoisotopic (exact) mass is 484 g/mol. The van der Waals surface area contributed by atoms with Gasteiger partial charge in [0.2, 0.25) is 0 Å². The van der Waals surface area contributed by atoms with Crippen LogP contribution in [0.4, 0.5) is 0 Å². The molecule has 196 valence electrons. The van der Waals surface area contributed by atoms with Gasteiger partial charge in [-0.3, -0.25) is 0 Å². The molecule has 6 N–H and O–H groups in total. The third-order valence-corrected chi connectivity index (χ3v) is 10.7. The smallest absolute Gasteiger partial charge is 0.186 e. The summed E-state index contributed by atoms with van der Waals surface area (Å²) in [6.07, 6.45) is -1.36. The van der Waals surface area contributed by atoms with Crippen LogP contribution in [0.1, 0.15) is 72.6 Å². The largest absolute Gasteiger partial charge is 0.394 e. The number of hydrogen-bond acceptors (Lipinski definition) is 8. The van der Waals surface area contributed by atoms with Crippen molar-refractivity contribution in [3.8, 4) is 0 Å². The molecule has 0 aromatic rings. The van der Waals surface area contributed by atoms with Gasteiger partial charge in [-0.2, -0.15) is 0 Å². The zero-order chi connectivity index (χ0) is 24.8. The Balaban J connectivity index is 1.43. The van der Waals surface area contributed by atoms with E-state index in [4.69, 9.17) is 9.47 Å². The van der Waals surface area contributed by atoms with Crippen LogP contribution in [-0.2, 0) is 9.47 Å². The number of aliphatic hydroxyl groups is 6. The molecule has 0 aromatic carbocycles. The zero-order valence-electron chi connectivity index (χ0n) is 20.9. The first-order chi connectivity index (χ1) is 15.7. The second-order valence-electron chi connectivity index (χ2n) is 13.5. The topological polar surface area (TPSA) is 140 Å². The van der Waals surface area contributed by atoms with E-state index in [9.17, 15) is 30.6 Å². The van der Waals surface area contributed by atoms with Crippen LogP contribution in [0.5, 0.6) is 0 Å². The van der Waals surface area contributed by atoms with Gasteiger partial charge in [0, 0.05) is 0 Å². The van der Waals surface area contributed by atoms with Crippen molar-refractivity contribution in [3.05, 3.63) is 0 Å². The molecule has 4 saturated carbocycles. The van der Waals surface area contributed by atoms with E-state index in [1.54, 1.807) is 0 Å². The maximum absolute atomic E-state index is 11.5. The average molecular weight is 485 g/mol. The molecule has 4 aliphatic carbocycles. The minimum Gasteiger partial charge on any atom is -0.394 e. The number of fused-ring (bicyclic) bond motifs is 3. The predicted molar refractivity (Wildman–Crippen MR) is 122 cm³/mol. The second-order valence-corrected chi connectivity index (χ2v) is 13.5. The van der Waals surface area contributed by atoms with Gasteiger partial charge in [0.25, 0.3) is 0 Å². The molecule has 8 nitrogen and oxygen atoms in total. The highest BCUT2D eigenvalue weighted by Crippen LogP contribution is 2.73. The molecular formula is C26H44O8. The van der Waals surface area contributed by atoms with Gasteiger partial charge in [-0.1, -0.05) is 20.8 Å². The van der Waals surface area contributed by atoms with Crippen molar-refractivity contribution in [2.45, 2.75) is 121 Å². The van der Waals surface area contributed by atoms with Gasteiger partial charge in [-0.05, 0) is 85.9 Å². The van der Waals surface area contributed by atoms with Crippen LogP contribution in [-0.4, -0.2) is 85.8 Å². The molecule has 5 fully saturated rings. The Kier molecular flexibility index (Phi) is 6.03. The van der Waals surface area contributed by atoms with Crippen LogP contribution < -0.4 is 0 Å². The standard InChI is InChI=1S/C26H44O8/c1-23(2)8-14(33-22-20(31)19(30)18(29)16(11-27)34-22)9-24(3)17-6-5-13-7-26(17,12-25(13,4)32)10-15(28)21(23)24/h13-22,27-32H,5-12H2,1-4H3/t13?,14?,15?,16?,17-,18?,19?,20?,21+,22?,24+,25-,26-/m1/s1. The highest BCUT2D eigenvalue weighted by atomic mass is 16.7. The number of rotatable bonds is 3. The lowest BCUT2D eigenvalue weighted by atomic mass is 9.40. The molecule has 8 unspecified atom stereocenters. The van der Waals surface area contributed by atoms with E-state index in [0.717, 1.165) is 32.1 Å². The molecule has 5 aliphatic rings. The van der Waals surface area contributed by atoms with Gasteiger partial charge in [0.05, 0.1) is 24.4 Å². The highest BCUT2D eigenvalue weighted by molar-refractivity contribution is 5.18. The molecular weight excluding hydrogens is 440 g/mol. The van der Waals surface area contributed by atoms with Crippen LogP contribution in [0.15, 0.2) is 0 Å². The first-order valence-corrected chi connectivity index (χ1v) is 13.1. The maximum atomic E-state index is 11.5. The third kappa shape index (κ3) is 3.63. The van der Waals surface area contributed by atoms with E-state index >= 15 is 0 Å². The highest BCUT2D eigenvalue weighted by Gasteiger charge is 2.69. The molecule has 2 bridgehead atoms. The van der Waals surface area contributed by atoms with E-state index in [0.29, 0.717) is 18.8 Å². The van der Waals surface area contributed by atoms with Gasteiger partial charge in [-0.15, -0.1) is 0 Å². The van der Waals surface area contributed by atoms with Gasteiger partial charge in [0.1, 0.15) is 24.4 Å². The summed E-state index contributed by atoms with van der Waals surface area (Å²) < 4.78 is 12.0. The molecule has 1 aliphatic heterocycles. The van der Waals surface area contributed by atoms with E-state index < -0.39 is 49.0 Å².